The van der Waals surface area contributed by atoms with Gasteiger partial charge < -0.3 is 10.6 Å². The van der Waals surface area contributed by atoms with Crippen molar-refractivity contribution in [1.82, 2.24) is 4.98 Å². The van der Waals surface area contributed by atoms with Crippen molar-refractivity contribution in [3.8, 4) is 0 Å². The number of amidine groups is 1. The number of nitrogens with zero attached hydrogens (tertiary/aromatic N) is 4. The second-order valence-electron chi connectivity index (χ2n) is 5.35. The largest absolute Gasteiger partial charge is 0.380 e. The van der Waals surface area contributed by atoms with E-state index >= 15 is 0 Å². The number of aromatic nitrogens is 1. The number of hydrogen-bond donors (Lipinski definition) is 1. The van der Waals surface area contributed by atoms with Crippen molar-refractivity contribution >= 4 is 40.9 Å². The molecule has 1 heterocycles. The van der Waals surface area contributed by atoms with Crippen LogP contribution in [0.5, 0.6) is 0 Å². The van der Waals surface area contributed by atoms with E-state index in [-0.39, 0.29) is 5.84 Å². The van der Waals surface area contributed by atoms with Gasteiger partial charge in [0.25, 0.3) is 0 Å². The molecule has 5 nitrogen and oxygen atoms in total. The molecule has 25 heavy (non-hydrogen) atoms. The highest BCUT2D eigenvalue weighted by atomic mass is 35.5. The first kappa shape index (κ1) is 19.2. The van der Waals surface area contributed by atoms with Gasteiger partial charge in [-0.2, -0.15) is 5.10 Å². The van der Waals surface area contributed by atoms with Crippen LogP contribution in [0.25, 0.3) is 0 Å². The van der Waals surface area contributed by atoms with E-state index in [0.717, 1.165) is 29.9 Å². The fraction of sp³-hybridized carbons (Fsp3) is 0.278. The number of hydrogen-bond acceptors (Lipinski definition) is 4. The van der Waals surface area contributed by atoms with Gasteiger partial charge in [0.2, 0.25) is 0 Å². The van der Waals surface area contributed by atoms with Gasteiger partial charge in [-0.15, -0.1) is 28.3 Å². The Bertz CT molecular complexity index is 726. The maximum Gasteiger partial charge on any atom is 0.171 e. The van der Waals surface area contributed by atoms with Crippen molar-refractivity contribution < 1.29 is 0 Å². The summed E-state index contributed by atoms with van der Waals surface area (Å²) in [7, 11) is 0. The van der Waals surface area contributed by atoms with E-state index in [1.807, 2.05) is 31.2 Å². The fourth-order valence-electron chi connectivity index (χ4n) is 2.29. The zero-order valence-electron chi connectivity index (χ0n) is 14.1. The molecule has 1 aromatic carbocycles. The molecule has 1 aromatic heterocycles. The number of pyridine rings is 1. The first-order valence-electron chi connectivity index (χ1n) is 7.91. The predicted molar refractivity (Wildman–Crippen MR) is 107 cm³/mol. The van der Waals surface area contributed by atoms with Crippen molar-refractivity contribution in [2.75, 3.05) is 29.7 Å². The van der Waals surface area contributed by atoms with Gasteiger partial charge in [-0.05, 0) is 42.3 Å². The smallest absolute Gasteiger partial charge is 0.171 e. The van der Waals surface area contributed by atoms with Crippen LogP contribution in [0.4, 0.5) is 5.69 Å². The molecule has 0 aliphatic carbocycles. The highest BCUT2D eigenvalue weighted by Crippen LogP contribution is 2.18. The fourth-order valence-corrected chi connectivity index (χ4v) is 2.70. The predicted octanol–water partition coefficient (Wildman–Crippen LogP) is 3.41. The number of halogens is 2. The molecule has 0 bridgehead atoms. The van der Waals surface area contributed by atoms with E-state index in [4.69, 9.17) is 28.9 Å². The average molecular weight is 378 g/mol. The molecule has 0 aliphatic heterocycles. The second kappa shape index (κ2) is 10.0. The first-order chi connectivity index (χ1) is 12.2. The van der Waals surface area contributed by atoms with E-state index in [9.17, 15) is 0 Å². The molecule has 132 valence electrons. The van der Waals surface area contributed by atoms with Gasteiger partial charge in [0.1, 0.15) is 5.69 Å². The number of benzene rings is 1. The van der Waals surface area contributed by atoms with Gasteiger partial charge >= 0.3 is 0 Å². The summed E-state index contributed by atoms with van der Waals surface area (Å²) in [6.45, 7) is 3.54. The zero-order chi connectivity index (χ0) is 18.1. The molecule has 2 N–H and O–H groups in total. The molecular weight excluding hydrogens is 357 g/mol. The van der Waals surface area contributed by atoms with Crippen LogP contribution in [0, 0.1) is 6.92 Å². The Hall–Kier alpha value is -2.11. The second-order valence-corrected chi connectivity index (χ2v) is 6.11. The van der Waals surface area contributed by atoms with E-state index in [1.165, 1.54) is 0 Å². The van der Waals surface area contributed by atoms with Crippen LogP contribution >= 0.6 is 23.2 Å². The highest BCUT2D eigenvalue weighted by Gasteiger charge is 2.07. The number of nitrogens with two attached hydrogens (primary N) is 1. The Kier molecular flexibility index (Phi) is 7.70. The Morgan fingerprint density at radius 2 is 1.96 bits per heavy atom. The Morgan fingerprint density at radius 3 is 2.56 bits per heavy atom. The molecule has 0 unspecified atom stereocenters. The van der Waals surface area contributed by atoms with Gasteiger partial charge in [0.05, 0.1) is 6.21 Å². The summed E-state index contributed by atoms with van der Waals surface area (Å²) in [4.78, 5) is 6.29. The maximum absolute atomic E-state index is 5.87. The third kappa shape index (κ3) is 5.73. The molecule has 0 spiro atoms. The van der Waals surface area contributed by atoms with Crippen LogP contribution < -0.4 is 10.6 Å². The van der Waals surface area contributed by atoms with Crippen LogP contribution in [-0.4, -0.2) is 41.9 Å². The molecule has 0 amide bonds. The van der Waals surface area contributed by atoms with Crippen molar-refractivity contribution in [3.05, 3.63) is 59.4 Å². The highest BCUT2D eigenvalue weighted by molar-refractivity contribution is 6.18. The lowest BCUT2D eigenvalue weighted by Crippen LogP contribution is -2.27. The minimum absolute atomic E-state index is 0.279. The standard InChI is InChI=1S/C18H21Cl2N5/c1-14-12-16(25(10-7-19)11-8-20)6-5-15(14)13-23-24-18(21)17-4-2-3-9-22-17/h2-6,9,12-13H,7-8,10-11H2,1H3,(H2,21,24)/b23-13+. The van der Waals surface area contributed by atoms with Gasteiger partial charge in [-0.1, -0.05) is 12.1 Å². The molecule has 7 heteroatoms. The molecule has 0 radical (unpaired) electrons. The SMILES string of the molecule is Cc1cc(N(CCCl)CCCl)ccc1/C=N/N=C(\N)c1ccccn1. The van der Waals surface area contributed by atoms with Crippen LogP contribution in [0.3, 0.4) is 0 Å². The van der Waals surface area contributed by atoms with Crippen molar-refractivity contribution in [2.24, 2.45) is 15.9 Å². The normalized spacial score (nSPS) is 11.9. The lowest BCUT2D eigenvalue weighted by atomic mass is 10.1. The molecule has 0 saturated heterocycles. The molecular formula is C18H21Cl2N5. The van der Waals surface area contributed by atoms with E-state index in [1.54, 1.807) is 18.5 Å². The van der Waals surface area contributed by atoms with Crippen LogP contribution in [-0.2, 0) is 0 Å². The van der Waals surface area contributed by atoms with Gasteiger partial charge in [0.15, 0.2) is 5.84 Å². The molecule has 0 fully saturated rings. The summed E-state index contributed by atoms with van der Waals surface area (Å²) in [6.07, 6.45) is 3.35. The van der Waals surface area contributed by atoms with Crippen LogP contribution in [0.2, 0.25) is 0 Å². The Labute approximate surface area is 158 Å². The Balaban J connectivity index is 2.12. The molecule has 0 aliphatic rings. The summed E-state index contributed by atoms with van der Waals surface area (Å²) in [5.74, 6) is 1.39. The summed E-state index contributed by atoms with van der Waals surface area (Å²) in [5.41, 5.74) is 9.62. The van der Waals surface area contributed by atoms with Crippen LogP contribution in [0.15, 0.2) is 52.8 Å². The van der Waals surface area contributed by atoms with E-state index in [2.05, 4.69) is 26.2 Å². The van der Waals surface area contributed by atoms with Gasteiger partial charge in [-0.3, -0.25) is 4.98 Å². The summed E-state index contributed by atoms with van der Waals surface area (Å²) >= 11 is 11.7. The third-order valence-electron chi connectivity index (χ3n) is 3.62. The van der Waals surface area contributed by atoms with E-state index in [0.29, 0.717) is 17.5 Å². The van der Waals surface area contributed by atoms with Crippen molar-refractivity contribution in [1.29, 1.82) is 0 Å². The number of alkyl halides is 2. The quantitative estimate of drug-likeness (QED) is 0.331. The summed E-state index contributed by atoms with van der Waals surface area (Å²) in [5, 5.41) is 8.07. The zero-order valence-corrected chi connectivity index (χ0v) is 15.6. The summed E-state index contributed by atoms with van der Waals surface area (Å²) < 4.78 is 0. The average Bonchev–Trinajstić information content (AvgIpc) is 2.63. The topological polar surface area (TPSA) is 66.9 Å². The van der Waals surface area contributed by atoms with Crippen molar-refractivity contribution in [3.63, 3.8) is 0 Å². The molecule has 2 aromatic rings. The Morgan fingerprint density at radius 1 is 1.20 bits per heavy atom. The minimum Gasteiger partial charge on any atom is -0.380 e. The lowest BCUT2D eigenvalue weighted by Gasteiger charge is -2.23. The number of anilines is 1. The van der Waals surface area contributed by atoms with E-state index < -0.39 is 0 Å². The van der Waals surface area contributed by atoms with Crippen LogP contribution in [0.1, 0.15) is 16.8 Å². The monoisotopic (exact) mass is 377 g/mol. The van der Waals surface area contributed by atoms with Gasteiger partial charge in [-0.25, -0.2) is 0 Å². The maximum atomic E-state index is 5.87. The summed E-state index contributed by atoms with van der Waals surface area (Å²) in [6, 6.07) is 11.6. The van der Waals surface area contributed by atoms with Crippen molar-refractivity contribution in [2.45, 2.75) is 6.92 Å². The number of aryl methyl sites for hydroxylation is 1. The minimum atomic E-state index is 0.279. The van der Waals surface area contributed by atoms with Gasteiger partial charge in [0, 0.05) is 36.7 Å². The number of rotatable bonds is 8. The molecule has 2 rings (SSSR count). The first-order valence-corrected chi connectivity index (χ1v) is 8.98. The third-order valence-corrected chi connectivity index (χ3v) is 3.96. The molecule has 0 atom stereocenters. The lowest BCUT2D eigenvalue weighted by molar-refractivity contribution is 0.873. The molecule has 0 saturated carbocycles.